The molecule has 1 saturated carbocycles. The lowest BCUT2D eigenvalue weighted by atomic mass is 10.2. The van der Waals surface area contributed by atoms with Gasteiger partial charge in [-0.1, -0.05) is 0 Å². The third-order valence-corrected chi connectivity index (χ3v) is 4.47. The minimum absolute atomic E-state index is 0.00150. The Balaban J connectivity index is 1.66. The van der Waals surface area contributed by atoms with Crippen LogP contribution in [0.4, 0.5) is 5.69 Å². The Morgan fingerprint density at radius 2 is 2.04 bits per heavy atom. The Bertz CT molecular complexity index is 586. The summed E-state index contributed by atoms with van der Waals surface area (Å²) >= 11 is 1.20. The van der Waals surface area contributed by atoms with Crippen molar-refractivity contribution in [1.29, 1.82) is 0 Å². The Morgan fingerprint density at radius 1 is 1.39 bits per heavy atom. The topological polar surface area (TPSA) is 98.5 Å². The largest absolute Gasteiger partial charge is 0.455 e. The second kappa shape index (κ2) is 7.96. The molecular weight excluding hydrogens is 320 g/mol. The van der Waals surface area contributed by atoms with Gasteiger partial charge in [0.25, 0.3) is 11.6 Å². The smallest absolute Gasteiger partial charge is 0.316 e. The molecule has 1 aliphatic carbocycles. The first-order chi connectivity index (χ1) is 11.0. The molecular formula is C15H18N2O5S. The maximum atomic E-state index is 11.6. The second-order valence-corrected chi connectivity index (χ2v) is 6.44. The van der Waals surface area contributed by atoms with Crippen molar-refractivity contribution in [3.63, 3.8) is 0 Å². The average molecular weight is 338 g/mol. The molecule has 0 unspecified atom stereocenters. The summed E-state index contributed by atoms with van der Waals surface area (Å²) in [7, 11) is 0. The number of thioether (sulfide) groups is 1. The molecule has 0 aromatic heterocycles. The lowest BCUT2D eigenvalue weighted by Gasteiger charge is -2.12. The van der Waals surface area contributed by atoms with Gasteiger partial charge < -0.3 is 10.1 Å². The quantitative estimate of drug-likeness (QED) is 0.337. The fourth-order valence-electron chi connectivity index (χ4n) is 2.00. The molecule has 1 aromatic rings. The molecule has 0 aliphatic heterocycles. The van der Waals surface area contributed by atoms with Crippen molar-refractivity contribution in [3.8, 4) is 0 Å². The first-order valence-electron chi connectivity index (χ1n) is 7.28. The maximum Gasteiger partial charge on any atom is 0.316 e. The van der Waals surface area contributed by atoms with Crippen molar-refractivity contribution in [1.82, 2.24) is 5.32 Å². The number of nitro groups is 1. The summed E-state index contributed by atoms with van der Waals surface area (Å²) in [5.41, 5.74) is -0.00150. The van der Waals surface area contributed by atoms with Gasteiger partial charge in [0.1, 0.15) is 0 Å². The molecule has 1 aliphatic rings. The third kappa shape index (κ3) is 5.90. The van der Waals surface area contributed by atoms with E-state index < -0.39 is 10.9 Å². The molecule has 1 N–H and O–H groups in total. The van der Waals surface area contributed by atoms with Gasteiger partial charge in [-0.25, -0.2) is 0 Å². The zero-order valence-corrected chi connectivity index (χ0v) is 13.5. The number of esters is 1. The van der Waals surface area contributed by atoms with Crippen LogP contribution < -0.4 is 5.32 Å². The summed E-state index contributed by atoms with van der Waals surface area (Å²) in [6, 6.07) is 6.01. The monoisotopic (exact) mass is 338 g/mol. The van der Waals surface area contributed by atoms with Gasteiger partial charge in [-0.2, -0.15) is 0 Å². The van der Waals surface area contributed by atoms with Crippen LogP contribution in [-0.4, -0.2) is 35.2 Å². The molecule has 0 saturated heterocycles. The Kier molecular flexibility index (Phi) is 5.97. The van der Waals surface area contributed by atoms with Crippen molar-refractivity contribution >= 4 is 29.3 Å². The van der Waals surface area contributed by atoms with E-state index in [1.54, 1.807) is 12.1 Å². The summed E-state index contributed by atoms with van der Waals surface area (Å²) < 4.78 is 4.91. The summed E-state index contributed by atoms with van der Waals surface area (Å²) in [4.78, 5) is 34.0. The van der Waals surface area contributed by atoms with Gasteiger partial charge >= 0.3 is 5.97 Å². The van der Waals surface area contributed by atoms with E-state index in [0.29, 0.717) is 5.92 Å². The summed E-state index contributed by atoms with van der Waals surface area (Å²) in [6.07, 6.45) is 2.26. The Hall–Kier alpha value is -2.09. The fourth-order valence-corrected chi connectivity index (χ4v) is 2.70. The van der Waals surface area contributed by atoms with Gasteiger partial charge in [0.15, 0.2) is 6.61 Å². The van der Waals surface area contributed by atoms with Crippen LogP contribution in [0.2, 0.25) is 0 Å². The number of nitro benzene ring substituents is 1. The predicted molar refractivity (Wildman–Crippen MR) is 85.1 cm³/mol. The molecule has 2 rings (SSSR count). The zero-order valence-electron chi connectivity index (χ0n) is 12.7. The molecule has 0 radical (unpaired) electrons. The highest BCUT2D eigenvalue weighted by Gasteiger charge is 2.28. The summed E-state index contributed by atoms with van der Waals surface area (Å²) in [6.45, 7) is 1.67. The molecule has 7 nitrogen and oxygen atoms in total. The number of carbonyl (C=O) groups excluding carboxylic acids is 2. The van der Waals surface area contributed by atoms with E-state index in [2.05, 4.69) is 5.32 Å². The molecule has 124 valence electrons. The number of hydrogen-bond acceptors (Lipinski definition) is 6. The molecule has 0 bridgehead atoms. The van der Waals surface area contributed by atoms with Crippen molar-refractivity contribution in [2.45, 2.75) is 30.7 Å². The second-order valence-electron chi connectivity index (χ2n) is 5.39. The number of nitrogens with zero attached hydrogens (tertiary/aromatic N) is 1. The number of amides is 1. The predicted octanol–water partition coefficient (Wildman–Crippen LogP) is 2.14. The number of nitrogens with one attached hydrogen (secondary N) is 1. The normalized spacial score (nSPS) is 14.8. The Labute approximate surface area is 137 Å². The third-order valence-electron chi connectivity index (χ3n) is 3.49. The summed E-state index contributed by atoms with van der Waals surface area (Å²) in [5, 5.41) is 13.3. The molecule has 8 heteroatoms. The number of carbonyl (C=O) groups is 2. The van der Waals surface area contributed by atoms with E-state index in [1.165, 1.54) is 23.9 Å². The number of rotatable bonds is 8. The lowest BCUT2D eigenvalue weighted by Crippen LogP contribution is -2.37. The molecule has 1 amide bonds. The highest BCUT2D eigenvalue weighted by molar-refractivity contribution is 8.00. The lowest BCUT2D eigenvalue weighted by molar-refractivity contribution is -0.384. The molecule has 0 heterocycles. The van der Waals surface area contributed by atoms with Crippen LogP contribution in [0.1, 0.15) is 19.8 Å². The number of non-ortho nitro benzene ring substituents is 1. The number of ether oxygens (including phenoxy) is 1. The van der Waals surface area contributed by atoms with Crippen LogP contribution in [-0.2, 0) is 14.3 Å². The van der Waals surface area contributed by atoms with Crippen LogP contribution >= 0.6 is 11.8 Å². The number of benzene rings is 1. The minimum Gasteiger partial charge on any atom is -0.455 e. The number of hydrogen-bond donors (Lipinski definition) is 1. The van der Waals surface area contributed by atoms with Crippen molar-refractivity contribution < 1.29 is 19.2 Å². The van der Waals surface area contributed by atoms with Crippen LogP contribution in [0.15, 0.2) is 29.2 Å². The molecule has 23 heavy (non-hydrogen) atoms. The van der Waals surface area contributed by atoms with Crippen LogP contribution in [0.25, 0.3) is 0 Å². The first-order valence-corrected chi connectivity index (χ1v) is 8.26. The van der Waals surface area contributed by atoms with Crippen LogP contribution in [0, 0.1) is 16.0 Å². The van der Waals surface area contributed by atoms with E-state index in [9.17, 15) is 19.7 Å². The maximum absolute atomic E-state index is 11.6. The Morgan fingerprint density at radius 3 is 2.61 bits per heavy atom. The molecule has 1 aromatic carbocycles. The van der Waals surface area contributed by atoms with Gasteiger partial charge in [0, 0.05) is 23.1 Å². The SMILES string of the molecule is C[C@@H](NC(=O)COC(=O)CSc1ccc([N+](=O)[O-])cc1)C1CC1. The average Bonchev–Trinajstić information content (AvgIpc) is 3.36. The summed E-state index contributed by atoms with van der Waals surface area (Å²) in [5.74, 6) is -0.198. The van der Waals surface area contributed by atoms with Crippen LogP contribution in [0.3, 0.4) is 0 Å². The molecule has 1 atom stereocenters. The first kappa shape index (κ1) is 17.3. The van der Waals surface area contributed by atoms with Gasteiger partial charge in [-0.3, -0.25) is 19.7 Å². The van der Waals surface area contributed by atoms with Gasteiger partial charge in [-0.05, 0) is 37.8 Å². The fraction of sp³-hybridized carbons (Fsp3) is 0.467. The highest BCUT2D eigenvalue weighted by atomic mass is 32.2. The van der Waals surface area contributed by atoms with Gasteiger partial charge in [0.2, 0.25) is 0 Å². The molecule has 0 spiro atoms. The standard InChI is InChI=1S/C15H18N2O5S/c1-10(11-2-3-11)16-14(18)8-22-15(19)9-23-13-6-4-12(5-7-13)17(20)21/h4-7,10-11H,2-3,8-9H2,1H3,(H,16,18)/t10-/m1/s1. The minimum atomic E-state index is -0.498. The highest BCUT2D eigenvalue weighted by Crippen LogP contribution is 2.32. The van der Waals surface area contributed by atoms with E-state index in [0.717, 1.165) is 17.7 Å². The van der Waals surface area contributed by atoms with E-state index in [4.69, 9.17) is 4.74 Å². The van der Waals surface area contributed by atoms with Gasteiger partial charge in [0.05, 0.1) is 10.7 Å². The molecule has 1 fully saturated rings. The van der Waals surface area contributed by atoms with E-state index in [-0.39, 0.29) is 30.0 Å². The van der Waals surface area contributed by atoms with Crippen molar-refractivity contribution in [2.24, 2.45) is 5.92 Å². The van der Waals surface area contributed by atoms with Crippen molar-refractivity contribution in [3.05, 3.63) is 34.4 Å². The zero-order chi connectivity index (χ0) is 16.8. The van der Waals surface area contributed by atoms with Gasteiger partial charge in [-0.15, -0.1) is 11.8 Å². The van der Waals surface area contributed by atoms with E-state index in [1.807, 2.05) is 6.92 Å². The van der Waals surface area contributed by atoms with E-state index >= 15 is 0 Å². The van der Waals surface area contributed by atoms with Crippen molar-refractivity contribution in [2.75, 3.05) is 12.4 Å². The van der Waals surface area contributed by atoms with Crippen LogP contribution in [0.5, 0.6) is 0 Å².